The van der Waals surface area contributed by atoms with Crippen molar-refractivity contribution in [3.63, 3.8) is 0 Å². The van der Waals surface area contributed by atoms with E-state index in [4.69, 9.17) is 4.74 Å². The SMILES string of the molecule is CCN(CC)C(=O)c1ccc(CNC(=NC)NCC2Cc3ccccc3O2)cc1.I. The van der Waals surface area contributed by atoms with Gasteiger partial charge in [0.05, 0.1) is 6.54 Å². The fourth-order valence-corrected chi connectivity index (χ4v) is 3.44. The van der Waals surface area contributed by atoms with Gasteiger partial charge in [-0.1, -0.05) is 30.3 Å². The van der Waals surface area contributed by atoms with Gasteiger partial charge in [0.25, 0.3) is 5.91 Å². The first-order chi connectivity index (χ1) is 14.1. The highest BCUT2D eigenvalue weighted by molar-refractivity contribution is 14.0. The number of amides is 1. The van der Waals surface area contributed by atoms with Crippen molar-refractivity contribution >= 4 is 35.8 Å². The predicted octanol–water partition coefficient (Wildman–Crippen LogP) is 3.46. The smallest absolute Gasteiger partial charge is 0.253 e. The van der Waals surface area contributed by atoms with Crippen molar-refractivity contribution in [2.75, 3.05) is 26.7 Å². The number of guanidine groups is 1. The number of carbonyl (C=O) groups excluding carboxylic acids is 1. The molecular formula is C23H31IN4O2. The number of hydrogen-bond acceptors (Lipinski definition) is 3. The van der Waals surface area contributed by atoms with Gasteiger partial charge in [-0.15, -0.1) is 24.0 Å². The van der Waals surface area contributed by atoms with E-state index in [9.17, 15) is 4.79 Å². The van der Waals surface area contributed by atoms with Gasteiger partial charge >= 0.3 is 0 Å². The van der Waals surface area contributed by atoms with Crippen molar-refractivity contribution in [2.45, 2.75) is 32.9 Å². The molecule has 1 amide bonds. The maximum Gasteiger partial charge on any atom is 0.253 e. The molecule has 0 spiro atoms. The fourth-order valence-electron chi connectivity index (χ4n) is 3.44. The molecule has 2 N–H and O–H groups in total. The maximum absolute atomic E-state index is 12.4. The van der Waals surface area contributed by atoms with E-state index in [0.717, 1.165) is 42.3 Å². The minimum absolute atomic E-state index is 0. The number of para-hydroxylation sites is 1. The van der Waals surface area contributed by atoms with Crippen LogP contribution in [0, 0.1) is 0 Å². The van der Waals surface area contributed by atoms with Crippen LogP contribution in [0.3, 0.4) is 0 Å². The van der Waals surface area contributed by atoms with Crippen LogP contribution in [-0.4, -0.2) is 49.6 Å². The summed E-state index contributed by atoms with van der Waals surface area (Å²) in [6.45, 7) is 6.74. The zero-order valence-corrected chi connectivity index (χ0v) is 20.2. The van der Waals surface area contributed by atoms with Crippen LogP contribution in [0.25, 0.3) is 0 Å². The number of hydrogen-bond donors (Lipinski definition) is 2. The molecular weight excluding hydrogens is 491 g/mol. The Bertz CT molecular complexity index is 826. The van der Waals surface area contributed by atoms with E-state index in [1.807, 2.05) is 61.2 Å². The first-order valence-electron chi connectivity index (χ1n) is 10.2. The van der Waals surface area contributed by atoms with Gasteiger partial charge in [0, 0.05) is 38.7 Å². The van der Waals surface area contributed by atoms with Crippen molar-refractivity contribution in [3.05, 3.63) is 65.2 Å². The summed E-state index contributed by atoms with van der Waals surface area (Å²) in [4.78, 5) is 18.5. The minimum Gasteiger partial charge on any atom is -0.488 e. The lowest BCUT2D eigenvalue weighted by atomic mass is 10.1. The number of benzene rings is 2. The second-order valence-corrected chi connectivity index (χ2v) is 7.03. The van der Waals surface area contributed by atoms with E-state index in [2.05, 4.69) is 21.7 Å². The first kappa shape index (κ1) is 24.0. The van der Waals surface area contributed by atoms with Crippen LogP contribution in [0.1, 0.15) is 35.3 Å². The van der Waals surface area contributed by atoms with Crippen molar-refractivity contribution in [1.29, 1.82) is 0 Å². The van der Waals surface area contributed by atoms with Gasteiger partial charge in [0.2, 0.25) is 0 Å². The lowest BCUT2D eigenvalue weighted by Crippen LogP contribution is -2.41. The number of aliphatic imine (C=N–C) groups is 1. The number of nitrogens with one attached hydrogen (secondary N) is 2. The molecule has 162 valence electrons. The van der Waals surface area contributed by atoms with Gasteiger partial charge in [-0.2, -0.15) is 0 Å². The van der Waals surface area contributed by atoms with Crippen LogP contribution in [0.4, 0.5) is 0 Å². The predicted molar refractivity (Wildman–Crippen MR) is 132 cm³/mol. The van der Waals surface area contributed by atoms with Gasteiger partial charge < -0.3 is 20.3 Å². The van der Waals surface area contributed by atoms with E-state index < -0.39 is 0 Å². The Kier molecular flexibility index (Phi) is 9.42. The maximum atomic E-state index is 12.4. The van der Waals surface area contributed by atoms with Gasteiger partial charge in [-0.05, 0) is 43.2 Å². The molecule has 0 aromatic heterocycles. The topological polar surface area (TPSA) is 66.0 Å². The Morgan fingerprint density at radius 3 is 2.43 bits per heavy atom. The highest BCUT2D eigenvalue weighted by Gasteiger charge is 2.22. The summed E-state index contributed by atoms with van der Waals surface area (Å²) in [5.74, 6) is 1.78. The van der Waals surface area contributed by atoms with Crippen molar-refractivity contribution in [3.8, 4) is 5.75 Å². The average molecular weight is 522 g/mol. The lowest BCUT2D eigenvalue weighted by Gasteiger charge is -2.19. The summed E-state index contributed by atoms with van der Waals surface area (Å²) in [6, 6.07) is 15.9. The van der Waals surface area contributed by atoms with E-state index >= 15 is 0 Å². The molecule has 1 unspecified atom stereocenters. The number of fused-ring (bicyclic) bond motifs is 1. The zero-order chi connectivity index (χ0) is 20.6. The highest BCUT2D eigenvalue weighted by Crippen LogP contribution is 2.27. The largest absolute Gasteiger partial charge is 0.488 e. The second-order valence-electron chi connectivity index (χ2n) is 7.03. The summed E-state index contributed by atoms with van der Waals surface area (Å²) < 4.78 is 5.96. The summed E-state index contributed by atoms with van der Waals surface area (Å²) >= 11 is 0. The van der Waals surface area contributed by atoms with Gasteiger partial charge in [0.1, 0.15) is 11.9 Å². The molecule has 0 saturated heterocycles. The summed E-state index contributed by atoms with van der Waals surface area (Å²) in [5.41, 5.74) is 3.06. The number of carbonyl (C=O) groups is 1. The average Bonchev–Trinajstić information content (AvgIpc) is 3.18. The van der Waals surface area contributed by atoms with Crippen LogP contribution >= 0.6 is 24.0 Å². The Morgan fingerprint density at radius 1 is 1.10 bits per heavy atom. The van der Waals surface area contributed by atoms with Gasteiger partial charge in [0.15, 0.2) is 5.96 Å². The number of halogens is 1. The Hall–Kier alpha value is -2.29. The number of nitrogens with zero attached hydrogens (tertiary/aromatic N) is 2. The molecule has 30 heavy (non-hydrogen) atoms. The zero-order valence-electron chi connectivity index (χ0n) is 17.9. The van der Waals surface area contributed by atoms with Crippen LogP contribution < -0.4 is 15.4 Å². The van der Waals surface area contributed by atoms with E-state index in [1.165, 1.54) is 5.56 Å². The Balaban J connectivity index is 0.00000320. The molecule has 2 aromatic carbocycles. The third-order valence-corrected chi connectivity index (χ3v) is 5.15. The summed E-state index contributed by atoms with van der Waals surface area (Å²) in [7, 11) is 1.76. The molecule has 6 nitrogen and oxygen atoms in total. The molecule has 1 heterocycles. The van der Waals surface area contributed by atoms with Crippen LogP contribution in [0.15, 0.2) is 53.5 Å². The molecule has 1 aliphatic rings. The molecule has 0 bridgehead atoms. The summed E-state index contributed by atoms with van der Waals surface area (Å²) in [6.07, 6.45) is 1.01. The highest BCUT2D eigenvalue weighted by atomic mass is 127. The monoisotopic (exact) mass is 522 g/mol. The molecule has 3 rings (SSSR count). The normalized spacial score (nSPS) is 14.9. The van der Waals surface area contributed by atoms with Gasteiger partial charge in [-0.25, -0.2) is 0 Å². The van der Waals surface area contributed by atoms with Crippen molar-refractivity contribution < 1.29 is 9.53 Å². The van der Waals surface area contributed by atoms with Crippen molar-refractivity contribution in [1.82, 2.24) is 15.5 Å². The molecule has 0 aliphatic carbocycles. The van der Waals surface area contributed by atoms with Gasteiger partial charge in [-0.3, -0.25) is 9.79 Å². The summed E-state index contributed by atoms with van der Waals surface area (Å²) in [5, 5.41) is 6.64. The third-order valence-electron chi connectivity index (χ3n) is 5.15. The van der Waals surface area contributed by atoms with E-state index in [1.54, 1.807) is 7.05 Å². The van der Waals surface area contributed by atoms with E-state index in [0.29, 0.717) is 13.1 Å². The molecule has 0 saturated carbocycles. The fraction of sp³-hybridized carbons (Fsp3) is 0.391. The standard InChI is InChI=1S/C23H30N4O2.HI/c1-4-27(5-2)22(28)18-12-10-17(11-13-18)15-25-23(24-3)26-16-20-14-19-8-6-7-9-21(19)29-20;/h6-13,20H,4-5,14-16H2,1-3H3,(H2,24,25,26);1H. The molecule has 0 fully saturated rings. The Labute approximate surface area is 196 Å². The van der Waals surface area contributed by atoms with Crippen LogP contribution in [0.5, 0.6) is 5.75 Å². The van der Waals surface area contributed by atoms with Crippen LogP contribution in [-0.2, 0) is 13.0 Å². The van der Waals surface area contributed by atoms with Crippen molar-refractivity contribution in [2.24, 2.45) is 4.99 Å². The molecule has 7 heteroatoms. The third kappa shape index (κ3) is 6.10. The number of rotatable bonds is 7. The first-order valence-corrected chi connectivity index (χ1v) is 10.2. The van der Waals surface area contributed by atoms with Crippen LogP contribution in [0.2, 0.25) is 0 Å². The molecule has 2 aromatic rings. The van der Waals surface area contributed by atoms with E-state index in [-0.39, 0.29) is 36.0 Å². The quantitative estimate of drug-likeness (QED) is 0.332. The molecule has 1 atom stereocenters. The Morgan fingerprint density at radius 2 is 1.80 bits per heavy atom. The lowest BCUT2D eigenvalue weighted by molar-refractivity contribution is 0.0773. The number of ether oxygens (including phenoxy) is 1. The minimum atomic E-state index is 0. The second kappa shape index (κ2) is 11.8. The molecule has 0 radical (unpaired) electrons. The molecule has 1 aliphatic heterocycles.